The molecule has 0 atom stereocenters. The normalized spacial score (nSPS) is 11.6. The number of carbonyl (C=O) groups excluding carboxylic acids is 1. The number of rotatable bonds is 6. The summed E-state index contributed by atoms with van der Waals surface area (Å²) in [5.41, 5.74) is 8.77. The molecule has 2 aromatic heterocycles. The third kappa shape index (κ3) is 5.21. The zero-order valence-electron chi connectivity index (χ0n) is 19.8. The molecule has 38 heavy (non-hydrogen) atoms. The first kappa shape index (κ1) is 25.3. The highest BCUT2D eigenvalue weighted by Crippen LogP contribution is 2.35. The lowest BCUT2D eigenvalue weighted by molar-refractivity contribution is -0.274. The summed E-state index contributed by atoms with van der Waals surface area (Å²) in [7, 11) is 0. The van der Waals surface area contributed by atoms with E-state index >= 15 is 0 Å². The zero-order chi connectivity index (χ0) is 27.0. The molecule has 0 saturated carbocycles. The molecule has 0 aliphatic rings. The van der Waals surface area contributed by atoms with E-state index in [2.05, 4.69) is 9.72 Å². The minimum atomic E-state index is -4.77. The number of amides is 1. The number of alkyl halides is 3. The van der Waals surface area contributed by atoms with E-state index < -0.39 is 18.1 Å². The number of aryl methyl sites for hydroxylation is 1. The fourth-order valence-corrected chi connectivity index (χ4v) is 5.17. The van der Waals surface area contributed by atoms with Crippen LogP contribution in [0.2, 0.25) is 0 Å². The summed E-state index contributed by atoms with van der Waals surface area (Å²) in [6, 6.07) is 19.6. The van der Waals surface area contributed by atoms with Crippen molar-refractivity contribution in [2.75, 3.05) is 0 Å². The SMILES string of the molecule is Cc1cc(-c2ccc(Cc3nc4c(-c5ccccc5F)cccc4nc3C(N)=O)s2)ccc1OC(F)(F)F. The Bertz CT molecular complexity index is 1680. The van der Waals surface area contributed by atoms with Gasteiger partial charge in [0.25, 0.3) is 5.91 Å². The van der Waals surface area contributed by atoms with Gasteiger partial charge in [-0.1, -0.05) is 30.3 Å². The van der Waals surface area contributed by atoms with Crippen LogP contribution in [0, 0.1) is 12.7 Å². The first-order valence-corrected chi connectivity index (χ1v) is 12.2. The molecular weight excluding hydrogens is 518 g/mol. The number of benzene rings is 3. The van der Waals surface area contributed by atoms with Gasteiger partial charge in [-0.15, -0.1) is 24.5 Å². The molecule has 0 bridgehead atoms. The molecule has 10 heteroatoms. The molecule has 2 heterocycles. The monoisotopic (exact) mass is 537 g/mol. The number of nitrogens with zero attached hydrogens (tertiary/aromatic N) is 2. The summed E-state index contributed by atoms with van der Waals surface area (Å²) in [6.45, 7) is 1.54. The molecule has 0 aliphatic carbocycles. The summed E-state index contributed by atoms with van der Waals surface area (Å²) in [6.07, 6.45) is -4.54. The summed E-state index contributed by atoms with van der Waals surface area (Å²) in [5, 5.41) is 0. The smallest absolute Gasteiger partial charge is 0.406 e. The van der Waals surface area contributed by atoms with Crippen LogP contribution in [0.15, 0.2) is 72.8 Å². The summed E-state index contributed by atoms with van der Waals surface area (Å²) >= 11 is 1.39. The Hall–Kier alpha value is -4.31. The van der Waals surface area contributed by atoms with Crippen molar-refractivity contribution in [2.45, 2.75) is 19.7 Å². The highest BCUT2D eigenvalue weighted by atomic mass is 32.1. The van der Waals surface area contributed by atoms with Gasteiger partial charge in [-0.05, 0) is 60.5 Å². The van der Waals surface area contributed by atoms with Crippen molar-refractivity contribution < 1.29 is 27.1 Å². The van der Waals surface area contributed by atoms with E-state index in [1.165, 1.54) is 30.4 Å². The summed E-state index contributed by atoms with van der Waals surface area (Å²) in [4.78, 5) is 23.0. The minimum absolute atomic E-state index is 0.0163. The average Bonchev–Trinajstić information content (AvgIpc) is 3.32. The van der Waals surface area contributed by atoms with Gasteiger partial charge < -0.3 is 10.5 Å². The van der Waals surface area contributed by atoms with Crippen LogP contribution in [-0.2, 0) is 6.42 Å². The molecule has 192 valence electrons. The van der Waals surface area contributed by atoms with E-state index in [0.29, 0.717) is 33.4 Å². The lowest BCUT2D eigenvalue weighted by Crippen LogP contribution is -2.17. The van der Waals surface area contributed by atoms with Crippen LogP contribution in [0.3, 0.4) is 0 Å². The molecule has 5 nitrogen and oxygen atoms in total. The van der Waals surface area contributed by atoms with Gasteiger partial charge in [0.2, 0.25) is 0 Å². The number of thiophene rings is 1. The molecule has 0 unspecified atom stereocenters. The number of hydrogen-bond donors (Lipinski definition) is 1. The minimum Gasteiger partial charge on any atom is -0.406 e. The Labute approximate surface area is 218 Å². The second-order valence-corrected chi connectivity index (χ2v) is 9.68. The number of fused-ring (bicyclic) bond motifs is 1. The van der Waals surface area contributed by atoms with E-state index in [9.17, 15) is 22.4 Å². The Kier molecular flexibility index (Phi) is 6.58. The van der Waals surface area contributed by atoms with E-state index in [4.69, 9.17) is 10.7 Å². The molecule has 0 saturated heterocycles. The Morgan fingerprint density at radius 2 is 1.74 bits per heavy atom. The van der Waals surface area contributed by atoms with E-state index in [1.54, 1.807) is 48.5 Å². The molecule has 5 aromatic rings. The highest BCUT2D eigenvalue weighted by molar-refractivity contribution is 7.15. The number of halogens is 4. The number of hydrogen-bond acceptors (Lipinski definition) is 5. The lowest BCUT2D eigenvalue weighted by Gasteiger charge is -2.12. The van der Waals surface area contributed by atoms with Crippen LogP contribution in [0.4, 0.5) is 17.6 Å². The maximum absolute atomic E-state index is 14.6. The number of aromatic nitrogens is 2. The van der Waals surface area contributed by atoms with Crippen molar-refractivity contribution in [1.29, 1.82) is 0 Å². The lowest BCUT2D eigenvalue weighted by atomic mass is 10.0. The quantitative estimate of drug-likeness (QED) is 0.235. The predicted octanol–water partition coefficient (Wildman–Crippen LogP) is 7.06. The first-order valence-electron chi connectivity index (χ1n) is 11.4. The fraction of sp³-hybridized carbons (Fsp3) is 0.107. The maximum Gasteiger partial charge on any atom is 0.573 e. The number of nitrogens with two attached hydrogens (primary N) is 1. The van der Waals surface area contributed by atoms with Gasteiger partial charge in [0.15, 0.2) is 5.69 Å². The molecule has 0 aliphatic heterocycles. The molecule has 1 amide bonds. The van der Waals surface area contributed by atoms with Gasteiger partial charge in [0.1, 0.15) is 11.6 Å². The Morgan fingerprint density at radius 3 is 2.45 bits per heavy atom. The summed E-state index contributed by atoms with van der Waals surface area (Å²) in [5.74, 6) is -1.41. The van der Waals surface area contributed by atoms with Crippen molar-refractivity contribution in [3.05, 3.63) is 100 Å². The van der Waals surface area contributed by atoms with Crippen molar-refractivity contribution in [3.8, 4) is 27.3 Å². The fourth-order valence-electron chi connectivity index (χ4n) is 4.16. The van der Waals surface area contributed by atoms with Gasteiger partial charge in [-0.25, -0.2) is 14.4 Å². The van der Waals surface area contributed by atoms with Crippen molar-refractivity contribution in [2.24, 2.45) is 5.73 Å². The second-order valence-electron chi connectivity index (χ2n) is 8.51. The molecule has 0 radical (unpaired) electrons. The molecular formula is C28H19F4N3O2S. The second kappa shape index (κ2) is 9.86. The van der Waals surface area contributed by atoms with Gasteiger partial charge >= 0.3 is 6.36 Å². The molecule has 0 fully saturated rings. The standard InChI is InChI=1S/C28H19F4N3O2S/c1-15-13-16(9-11-23(15)37-28(30,31)32)24-12-10-17(38-24)14-22-26(27(33)36)34-21-8-4-6-19(25(21)35-22)18-5-2-3-7-20(18)29/h2-13H,14H2,1H3,(H2,33,36). The average molecular weight is 538 g/mol. The van der Waals surface area contributed by atoms with Gasteiger partial charge in [0, 0.05) is 27.3 Å². The van der Waals surface area contributed by atoms with Crippen LogP contribution < -0.4 is 10.5 Å². The number of ether oxygens (including phenoxy) is 1. The van der Waals surface area contributed by atoms with E-state index in [1.807, 2.05) is 12.1 Å². The van der Waals surface area contributed by atoms with Crippen LogP contribution in [-0.4, -0.2) is 22.2 Å². The van der Waals surface area contributed by atoms with E-state index in [-0.39, 0.29) is 17.9 Å². The third-order valence-electron chi connectivity index (χ3n) is 5.85. The van der Waals surface area contributed by atoms with E-state index in [0.717, 1.165) is 15.3 Å². The van der Waals surface area contributed by atoms with Crippen molar-refractivity contribution in [1.82, 2.24) is 9.97 Å². The van der Waals surface area contributed by atoms with Crippen molar-refractivity contribution in [3.63, 3.8) is 0 Å². The molecule has 2 N–H and O–H groups in total. The van der Waals surface area contributed by atoms with Gasteiger partial charge in [0.05, 0.1) is 16.7 Å². The van der Waals surface area contributed by atoms with Crippen LogP contribution in [0.5, 0.6) is 5.75 Å². The largest absolute Gasteiger partial charge is 0.573 e. The third-order valence-corrected chi connectivity index (χ3v) is 6.99. The molecule has 0 spiro atoms. The number of primary amides is 1. The number of para-hydroxylation sites is 1. The van der Waals surface area contributed by atoms with Gasteiger partial charge in [-0.2, -0.15) is 0 Å². The zero-order valence-corrected chi connectivity index (χ0v) is 20.7. The van der Waals surface area contributed by atoms with Gasteiger partial charge in [-0.3, -0.25) is 4.79 Å². The van der Waals surface area contributed by atoms with Crippen molar-refractivity contribution >= 4 is 28.3 Å². The maximum atomic E-state index is 14.6. The molecule has 5 rings (SSSR count). The topological polar surface area (TPSA) is 78.1 Å². The first-order chi connectivity index (χ1) is 18.1. The van der Waals surface area contributed by atoms with Crippen LogP contribution in [0.1, 0.15) is 26.6 Å². The summed E-state index contributed by atoms with van der Waals surface area (Å²) < 4.78 is 56.4. The van der Waals surface area contributed by atoms with Crippen LogP contribution >= 0.6 is 11.3 Å². The molecule has 3 aromatic carbocycles. The predicted molar refractivity (Wildman–Crippen MR) is 137 cm³/mol. The van der Waals surface area contributed by atoms with Crippen LogP contribution in [0.25, 0.3) is 32.6 Å². The highest BCUT2D eigenvalue weighted by Gasteiger charge is 2.31. The Morgan fingerprint density at radius 1 is 0.974 bits per heavy atom. The number of carbonyl (C=O) groups is 1. The Balaban J connectivity index is 1.51.